The van der Waals surface area contributed by atoms with Crippen LogP contribution in [-0.4, -0.2) is 13.6 Å². The van der Waals surface area contributed by atoms with Crippen molar-refractivity contribution in [1.82, 2.24) is 9.88 Å². The number of aromatic nitrogens is 1. The maximum Gasteiger partial charge on any atom is 0.241 e. The predicted molar refractivity (Wildman–Crippen MR) is 91.8 cm³/mol. The van der Waals surface area contributed by atoms with E-state index in [1.54, 1.807) is 37.3 Å². The second-order valence-corrected chi connectivity index (χ2v) is 7.50. The van der Waals surface area contributed by atoms with Crippen molar-refractivity contribution in [2.75, 3.05) is 0 Å². The third kappa shape index (κ3) is 3.94. The number of nitrogens with one attached hydrogen (secondary N) is 1. The third-order valence-electron chi connectivity index (χ3n) is 3.76. The van der Waals surface area contributed by atoms with Gasteiger partial charge in [-0.25, -0.2) is 17.5 Å². The molecule has 3 aromatic rings. The van der Waals surface area contributed by atoms with E-state index in [1.807, 2.05) is 6.92 Å². The second-order valence-electron chi connectivity index (χ2n) is 5.76. The van der Waals surface area contributed by atoms with Crippen LogP contribution in [0.2, 0.25) is 0 Å². The van der Waals surface area contributed by atoms with Crippen LogP contribution in [0.1, 0.15) is 16.8 Å². The standard InChI is InChI=1S/C18H17FN2O3S/c1-12-9-15(17-10-13(2)21-24-17)5-8-18(12)25(22,23)20-11-14-3-6-16(19)7-4-14/h3-10,20H,11H2,1-2H3. The lowest BCUT2D eigenvalue weighted by molar-refractivity contribution is 0.427. The number of aryl methyl sites for hydroxylation is 2. The van der Waals surface area contributed by atoms with E-state index in [0.29, 0.717) is 16.9 Å². The molecule has 0 saturated heterocycles. The van der Waals surface area contributed by atoms with E-state index in [0.717, 1.165) is 11.3 Å². The highest BCUT2D eigenvalue weighted by molar-refractivity contribution is 7.89. The maximum absolute atomic E-state index is 12.9. The zero-order valence-electron chi connectivity index (χ0n) is 13.8. The van der Waals surface area contributed by atoms with Gasteiger partial charge in [-0.3, -0.25) is 0 Å². The lowest BCUT2D eigenvalue weighted by Gasteiger charge is -2.10. The van der Waals surface area contributed by atoms with Crippen molar-refractivity contribution < 1.29 is 17.3 Å². The van der Waals surface area contributed by atoms with Crippen molar-refractivity contribution in [1.29, 1.82) is 0 Å². The number of benzene rings is 2. The number of sulfonamides is 1. The third-order valence-corrected chi connectivity index (χ3v) is 5.32. The largest absolute Gasteiger partial charge is 0.356 e. The van der Waals surface area contributed by atoms with E-state index >= 15 is 0 Å². The summed E-state index contributed by atoms with van der Waals surface area (Å²) < 4.78 is 45.7. The van der Waals surface area contributed by atoms with Crippen LogP contribution in [0.5, 0.6) is 0 Å². The van der Waals surface area contributed by atoms with E-state index in [-0.39, 0.29) is 17.3 Å². The quantitative estimate of drug-likeness (QED) is 0.755. The molecule has 5 nitrogen and oxygen atoms in total. The summed E-state index contributed by atoms with van der Waals surface area (Å²) in [5.74, 6) is 0.226. The monoisotopic (exact) mass is 360 g/mol. The van der Waals surface area contributed by atoms with E-state index in [4.69, 9.17) is 4.52 Å². The van der Waals surface area contributed by atoms with Crippen LogP contribution >= 0.6 is 0 Å². The highest BCUT2D eigenvalue weighted by Crippen LogP contribution is 2.25. The number of hydrogen-bond donors (Lipinski definition) is 1. The lowest BCUT2D eigenvalue weighted by Crippen LogP contribution is -2.24. The molecule has 1 aromatic heterocycles. The Bertz CT molecular complexity index is 995. The van der Waals surface area contributed by atoms with Gasteiger partial charge in [0.2, 0.25) is 10.0 Å². The Morgan fingerprint density at radius 1 is 1.08 bits per heavy atom. The minimum Gasteiger partial charge on any atom is -0.356 e. The van der Waals surface area contributed by atoms with Crippen LogP contribution in [0, 0.1) is 19.7 Å². The molecule has 25 heavy (non-hydrogen) atoms. The average molecular weight is 360 g/mol. The van der Waals surface area contributed by atoms with Crippen molar-refractivity contribution in [2.24, 2.45) is 0 Å². The summed E-state index contributed by atoms with van der Waals surface area (Å²) in [5.41, 5.74) is 2.79. The number of nitrogens with zero attached hydrogens (tertiary/aromatic N) is 1. The fourth-order valence-corrected chi connectivity index (χ4v) is 3.70. The van der Waals surface area contributed by atoms with E-state index in [1.165, 1.54) is 18.2 Å². The Kier molecular flexibility index (Phi) is 4.69. The van der Waals surface area contributed by atoms with Gasteiger partial charge in [0.15, 0.2) is 5.76 Å². The van der Waals surface area contributed by atoms with Crippen LogP contribution in [-0.2, 0) is 16.6 Å². The fourth-order valence-electron chi connectivity index (χ4n) is 2.46. The first-order valence-corrected chi connectivity index (χ1v) is 9.12. The van der Waals surface area contributed by atoms with Gasteiger partial charge in [0.05, 0.1) is 10.6 Å². The Balaban J connectivity index is 1.81. The fraction of sp³-hybridized carbons (Fsp3) is 0.167. The van der Waals surface area contributed by atoms with Crippen LogP contribution in [0.15, 0.2) is 57.9 Å². The van der Waals surface area contributed by atoms with Crippen LogP contribution in [0.3, 0.4) is 0 Å². The van der Waals surface area contributed by atoms with Gasteiger partial charge in [-0.15, -0.1) is 0 Å². The molecule has 0 atom stereocenters. The SMILES string of the molecule is Cc1cc(-c2ccc(S(=O)(=O)NCc3ccc(F)cc3)c(C)c2)on1. The van der Waals surface area contributed by atoms with Crippen molar-refractivity contribution in [3.05, 3.63) is 71.2 Å². The molecule has 130 valence electrons. The summed E-state index contributed by atoms with van der Waals surface area (Å²) in [6, 6.07) is 12.4. The topological polar surface area (TPSA) is 72.2 Å². The van der Waals surface area contributed by atoms with Crippen molar-refractivity contribution in [2.45, 2.75) is 25.3 Å². The van der Waals surface area contributed by atoms with Crippen molar-refractivity contribution in [3.8, 4) is 11.3 Å². The Labute approximate surface area is 145 Å². The number of hydrogen-bond acceptors (Lipinski definition) is 4. The lowest BCUT2D eigenvalue weighted by atomic mass is 10.1. The average Bonchev–Trinajstić information content (AvgIpc) is 3.00. The van der Waals surface area contributed by atoms with Gasteiger partial charge >= 0.3 is 0 Å². The summed E-state index contributed by atoms with van der Waals surface area (Å²) in [7, 11) is -3.68. The summed E-state index contributed by atoms with van der Waals surface area (Å²) in [4.78, 5) is 0.189. The van der Waals surface area contributed by atoms with Gasteiger partial charge in [-0.05, 0) is 55.3 Å². The van der Waals surface area contributed by atoms with Gasteiger partial charge in [-0.1, -0.05) is 17.3 Å². The maximum atomic E-state index is 12.9. The molecule has 1 heterocycles. The summed E-state index contributed by atoms with van der Waals surface area (Å²) in [5, 5.41) is 3.83. The smallest absolute Gasteiger partial charge is 0.241 e. The first-order valence-electron chi connectivity index (χ1n) is 7.63. The Morgan fingerprint density at radius 3 is 2.40 bits per heavy atom. The van der Waals surface area contributed by atoms with Gasteiger partial charge in [0.1, 0.15) is 5.82 Å². The number of rotatable bonds is 5. The van der Waals surface area contributed by atoms with Crippen LogP contribution in [0.4, 0.5) is 4.39 Å². The minimum absolute atomic E-state index is 0.0884. The predicted octanol–water partition coefficient (Wildman–Crippen LogP) is 3.58. The summed E-state index contributed by atoms with van der Waals surface area (Å²) in [6.45, 7) is 3.63. The van der Waals surface area contributed by atoms with E-state index < -0.39 is 10.0 Å². The molecule has 0 fully saturated rings. The molecule has 0 aliphatic rings. The van der Waals surface area contributed by atoms with Crippen LogP contribution in [0.25, 0.3) is 11.3 Å². The highest BCUT2D eigenvalue weighted by atomic mass is 32.2. The molecule has 3 rings (SSSR count). The molecular formula is C18H17FN2O3S. The summed E-state index contributed by atoms with van der Waals surface area (Å²) in [6.07, 6.45) is 0. The molecule has 0 radical (unpaired) electrons. The molecule has 2 aromatic carbocycles. The molecular weight excluding hydrogens is 343 g/mol. The normalized spacial score (nSPS) is 11.6. The molecule has 0 spiro atoms. The summed E-state index contributed by atoms with van der Waals surface area (Å²) >= 11 is 0. The molecule has 0 amide bonds. The molecule has 0 aliphatic carbocycles. The molecule has 7 heteroatoms. The Hall–Kier alpha value is -2.51. The van der Waals surface area contributed by atoms with Gasteiger partial charge in [0, 0.05) is 18.2 Å². The van der Waals surface area contributed by atoms with Gasteiger partial charge in [-0.2, -0.15) is 0 Å². The second kappa shape index (κ2) is 6.78. The zero-order chi connectivity index (χ0) is 18.0. The van der Waals surface area contributed by atoms with Crippen LogP contribution < -0.4 is 4.72 Å². The zero-order valence-corrected chi connectivity index (χ0v) is 14.6. The molecule has 1 N–H and O–H groups in total. The first kappa shape index (κ1) is 17.3. The van der Waals surface area contributed by atoms with Gasteiger partial charge < -0.3 is 4.52 Å². The molecule has 0 bridgehead atoms. The molecule has 0 saturated carbocycles. The molecule has 0 aliphatic heterocycles. The Morgan fingerprint density at radius 2 is 1.80 bits per heavy atom. The van der Waals surface area contributed by atoms with E-state index in [2.05, 4.69) is 9.88 Å². The first-order chi connectivity index (χ1) is 11.8. The van der Waals surface area contributed by atoms with Crippen molar-refractivity contribution in [3.63, 3.8) is 0 Å². The number of halogens is 1. The van der Waals surface area contributed by atoms with E-state index in [9.17, 15) is 12.8 Å². The van der Waals surface area contributed by atoms with Crippen molar-refractivity contribution >= 4 is 10.0 Å². The minimum atomic E-state index is -3.68. The van der Waals surface area contributed by atoms with Gasteiger partial charge in [0.25, 0.3) is 0 Å². The highest BCUT2D eigenvalue weighted by Gasteiger charge is 2.18. The molecule has 0 unspecified atom stereocenters.